The Bertz CT molecular complexity index is 651. The van der Waals surface area contributed by atoms with E-state index in [1.807, 2.05) is 5.57 Å². The van der Waals surface area contributed by atoms with Gasteiger partial charge in [-0.2, -0.15) is 0 Å². The first-order valence-electron chi connectivity index (χ1n) is 13.2. The molecule has 0 heteroatoms. The van der Waals surface area contributed by atoms with Crippen LogP contribution in [-0.4, -0.2) is 0 Å². The predicted octanol–water partition coefficient (Wildman–Crippen LogP) is 8.97. The van der Waals surface area contributed by atoms with Crippen molar-refractivity contribution < 1.29 is 0 Å². The van der Waals surface area contributed by atoms with Crippen LogP contribution in [0.5, 0.6) is 0 Å². The first kappa shape index (κ1) is 21.7. The fraction of sp³-hybridized carbons (Fsp3) is 0.862. The number of allylic oxidation sites excluding steroid dienone is 4. The van der Waals surface area contributed by atoms with Gasteiger partial charge in [0.25, 0.3) is 0 Å². The molecule has 4 aliphatic rings. The quantitative estimate of drug-likeness (QED) is 0.407. The summed E-state index contributed by atoms with van der Waals surface area (Å²) in [6.07, 6.45) is 21.2. The van der Waals surface area contributed by atoms with E-state index < -0.39 is 0 Å². The van der Waals surface area contributed by atoms with Crippen molar-refractivity contribution in [2.45, 2.75) is 112 Å². The fourth-order valence-corrected chi connectivity index (χ4v) is 8.88. The molecule has 0 N–H and O–H groups in total. The van der Waals surface area contributed by atoms with Crippen LogP contribution < -0.4 is 0 Å². The minimum Gasteiger partial charge on any atom is -0.0882 e. The van der Waals surface area contributed by atoms with E-state index in [-0.39, 0.29) is 0 Å². The van der Waals surface area contributed by atoms with E-state index in [0.717, 1.165) is 29.6 Å². The van der Waals surface area contributed by atoms with Gasteiger partial charge >= 0.3 is 0 Å². The van der Waals surface area contributed by atoms with Crippen molar-refractivity contribution in [3.05, 3.63) is 23.3 Å². The largest absolute Gasteiger partial charge is 0.0882 e. The molecule has 4 aliphatic carbocycles. The van der Waals surface area contributed by atoms with E-state index in [1.165, 1.54) is 70.6 Å². The molecule has 0 radical (unpaired) electrons. The monoisotopic (exact) mass is 396 g/mol. The Morgan fingerprint density at radius 1 is 1.00 bits per heavy atom. The lowest BCUT2D eigenvalue weighted by atomic mass is 9.48. The summed E-state index contributed by atoms with van der Waals surface area (Å²) in [5.74, 6) is 5.34. The minimum atomic E-state index is 0.577. The maximum Gasteiger partial charge on any atom is -0.0143 e. The van der Waals surface area contributed by atoms with Crippen LogP contribution in [0.4, 0.5) is 0 Å². The maximum absolute atomic E-state index is 2.79. The summed E-state index contributed by atoms with van der Waals surface area (Å²) in [4.78, 5) is 0. The molecule has 1 unspecified atom stereocenters. The molecule has 0 aromatic rings. The van der Waals surface area contributed by atoms with Gasteiger partial charge in [-0.3, -0.25) is 0 Å². The SMILES string of the molecule is CC=C(CC[C@@H](C)[C@H]1CC[C@H]2C3=CCC4CCCC[C@]4(C)[C@H]3CC[C@]12C)C(C)C. The highest BCUT2D eigenvalue weighted by Crippen LogP contribution is 2.66. The van der Waals surface area contributed by atoms with Crippen molar-refractivity contribution in [2.24, 2.45) is 46.3 Å². The summed E-state index contributed by atoms with van der Waals surface area (Å²) in [5, 5.41) is 0. The molecule has 0 nitrogen and oxygen atoms in total. The first-order valence-corrected chi connectivity index (χ1v) is 13.2. The fourth-order valence-electron chi connectivity index (χ4n) is 8.88. The van der Waals surface area contributed by atoms with Gasteiger partial charge in [0, 0.05) is 0 Å². The average Bonchev–Trinajstić information content (AvgIpc) is 3.05. The zero-order chi connectivity index (χ0) is 20.8. The number of fused-ring (bicyclic) bond motifs is 5. The van der Waals surface area contributed by atoms with Crippen molar-refractivity contribution in [3.63, 3.8) is 0 Å². The normalized spacial score (nSPS) is 43.4. The standard InChI is InChI=1S/C29H48/c1-7-22(20(2)3)12-11-21(4)25-15-16-26-24-14-13-23-10-8-9-18-28(23,5)27(24)17-19-29(25,26)6/h7,14,20-21,23,25-27H,8-13,15-19H2,1-6H3/t21-,23?,25-,26+,27+,28+,29-/m1/s1. The third-order valence-corrected chi connectivity index (χ3v) is 10.8. The Hall–Kier alpha value is -0.520. The molecule has 0 spiro atoms. The predicted molar refractivity (Wildman–Crippen MR) is 127 cm³/mol. The molecule has 29 heavy (non-hydrogen) atoms. The maximum atomic E-state index is 2.79. The summed E-state index contributed by atoms with van der Waals surface area (Å²) >= 11 is 0. The summed E-state index contributed by atoms with van der Waals surface area (Å²) in [6, 6.07) is 0. The topological polar surface area (TPSA) is 0 Å². The van der Waals surface area contributed by atoms with Crippen LogP contribution in [0, 0.1) is 46.3 Å². The van der Waals surface area contributed by atoms with Crippen LogP contribution in [0.2, 0.25) is 0 Å². The Morgan fingerprint density at radius 2 is 1.76 bits per heavy atom. The highest BCUT2D eigenvalue weighted by atomic mass is 14.6. The molecular weight excluding hydrogens is 348 g/mol. The molecular formula is C29H48. The van der Waals surface area contributed by atoms with Gasteiger partial charge in [0.15, 0.2) is 0 Å². The van der Waals surface area contributed by atoms with Crippen LogP contribution in [0.1, 0.15) is 112 Å². The molecule has 0 heterocycles. The number of hydrogen-bond donors (Lipinski definition) is 0. The second-order valence-electron chi connectivity index (χ2n) is 12.3. The zero-order valence-electron chi connectivity index (χ0n) is 20.4. The molecule has 0 aromatic heterocycles. The smallest absolute Gasteiger partial charge is 0.0143 e. The first-order chi connectivity index (χ1) is 13.8. The summed E-state index contributed by atoms with van der Waals surface area (Å²) in [7, 11) is 0. The van der Waals surface area contributed by atoms with Gasteiger partial charge in [-0.1, -0.05) is 70.8 Å². The molecule has 0 aliphatic heterocycles. The highest BCUT2D eigenvalue weighted by molar-refractivity contribution is 5.27. The van der Waals surface area contributed by atoms with E-state index >= 15 is 0 Å². The lowest BCUT2D eigenvalue weighted by Crippen LogP contribution is -2.48. The molecule has 0 aromatic carbocycles. The lowest BCUT2D eigenvalue weighted by molar-refractivity contribution is -0.00783. The molecule has 3 saturated carbocycles. The Kier molecular flexibility index (Phi) is 6.14. The summed E-state index contributed by atoms with van der Waals surface area (Å²) in [5.41, 5.74) is 4.83. The van der Waals surface area contributed by atoms with Gasteiger partial charge in [0.2, 0.25) is 0 Å². The van der Waals surface area contributed by atoms with Crippen molar-refractivity contribution >= 4 is 0 Å². The van der Waals surface area contributed by atoms with Crippen LogP contribution in [0.3, 0.4) is 0 Å². The lowest BCUT2D eigenvalue weighted by Gasteiger charge is -2.57. The average molecular weight is 397 g/mol. The van der Waals surface area contributed by atoms with Crippen molar-refractivity contribution in [2.75, 3.05) is 0 Å². The van der Waals surface area contributed by atoms with Gasteiger partial charge in [0.1, 0.15) is 0 Å². The van der Waals surface area contributed by atoms with Gasteiger partial charge in [0.05, 0.1) is 0 Å². The zero-order valence-corrected chi connectivity index (χ0v) is 20.4. The van der Waals surface area contributed by atoms with Crippen LogP contribution in [0.15, 0.2) is 23.3 Å². The van der Waals surface area contributed by atoms with Gasteiger partial charge in [-0.05, 0) is 111 Å². The molecule has 164 valence electrons. The molecule has 4 rings (SSSR count). The second kappa shape index (κ2) is 8.20. The molecule has 0 saturated heterocycles. The Labute approximate surface area is 182 Å². The molecule has 3 fully saturated rings. The second-order valence-corrected chi connectivity index (χ2v) is 12.3. The van der Waals surface area contributed by atoms with Crippen LogP contribution in [0.25, 0.3) is 0 Å². The van der Waals surface area contributed by atoms with Crippen LogP contribution in [-0.2, 0) is 0 Å². The van der Waals surface area contributed by atoms with Gasteiger partial charge in [-0.15, -0.1) is 0 Å². The molecule has 0 bridgehead atoms. The van der Waals surface area contributed by atoms with E-state index in [0.29, 0.717) is 16.7 Å². The number of hydrogen-bond acceptors (Lipinski definition) is 0. The molecule has 7 atom stereocenters. The van der Waals surface area contributed by atoms with E-state index in [1.54, 1.807) is 5.57 Å². The van der Waals surface area contributed by atoms with Gasteiger partial charge in [-0.25, -0.2) is 0 Å². The molecule has 0 amide bonds. The van der Waals surface area contributed by atoms with Crippen molar-refractivity contribution in [1.29, 1.82) is 0 Å². The Balaban J connectivity index is 1.50. The van der Waals surface area contributed by atoms with E-state index in [4.69, 9.17) is 0 Å². The Morgan fingerprint density at radius 3 is 2.48 bits per heavy atom. The minimum absolute atomic E-state index is 0.577. The third-order valence-electron chi connectivity index (χ3n) is 10.8. The van der Waals surface area contributed by atoms with Crippen LogP contribution >= 0.6 is 0 Å². The van der Waals surface area contributed by atoms with E-state index in [9.17, 15) is 0 Å². The third kappa shape index (κ3) is 3.59. The van der Waals surface area contributed by atoms with Gasteiger partial charge < -0.3 is 0 Å². The summed E-state index contributed by atoms with van der Waals surface area (Å²) in [6.45, 7) is 15.0. The van der Waals surface area contributed by atoms with Crippen molar-refractivity contribution in [3.8, 4) is 0 Å². The number of rotatable bonds is 5. The summed E-state index contributed by atoms with van der Waals surface area (Å²) < 4.78 is 0. The van der Waals surface area contributed by atoms with Crippen molar-refractivity contribution in [1.82, 2.24) is 0 Å². The highest BCUT2D eigenvalue weighted by Gasteiger charge is 2.57. The van der Waals surface area contributed by atoms with E-state index in [2.05, 4.69) is 53.7 Å².